The zero-order valence-electron chi connectivity index (χ0n) is 9.56. The van der Waals surface area contributed by atoms with Crippen LogP contribution < -0.4 is 14.2 Å². The average molecular weight is 238 g/mol. The lowest BCUT2D eigenvalue weighted by molar-refractivity contribution is 0.0691. The first-order valence-corrected chi connectivity index (χ1v) is 5.52. The van der Waals surface area contributed by atoms with Crippen molar-refractivity contribution in [2.75, 3.05) is 13.4 Å². The Balaban J connectivity index is 2.25. The van der Waals surface area contributed by atoms with Gasteiger partial charge in [0.2, 0.25) is 6.79 Å². The van der Waals surface area contributed by atoms with Gasteiger partial charge in [-0.15, -0.1) is 0 Å². The summed E-state index contributed by atoms with van der Waals surface area (Å²) in [4.78, 5) is 11.1. The summed E-state index contributed by atoms with van der Waals surface area (Å²) in [6.45, 7) is 2.66. The van der Waals surface area contributed by atoms with Gasteiger partial charge >= 0.3 is 5.97 Å². The van der Waals surface area contributed by atoms with Gasteiger partial charge in [-0.1, -0.05) is 13.3 Å². The molecule has 0 aliphatic carbocycles. The maximum absolute atomic E-state index is 11.1. The highest BCUT2D eigenvalue weighted by molar-refractivity contribution is 5.92. The third-order valence-corrected chi connectivity index (χ3v) is 2.46. The van der Waals surface area contributed by atoms with Gasteiger partial charge in [-0.05, 0) is 6.42 Å². The van der Waals surface area contributed by atoms with Crippen LogP contribution in [0.4, 0.5) is 0 Å². The van der Waals surface area contributed by atoms with Crippen molar-refractivity contribution in [2.24, 2.45) is 0 Å². The molecule has 0 saturated heterocycles. The van der Waals surface area contributed by atoms with Crippen LogP contribution in [0.3, 0.4) is 0 Å². The van der Waals surface area contributed by atoms with Gasteiger partial charge in [0.15, 0.2) is 11.5 Å². The van der Waals surface area contributed by atoms with E-state index in [1.807, 2.05) is 6.92 Å². The number of carbonyl (C=O) groups is 1. The molecule has 1 aromatic carbocycles. The standard InChI is InChI=1S/C12H14O5/c1-2-3-4-15-9-6-11-10(16-7-17-11)5-8(9)12(13)14/h5-6H,2-4,7H2,1H3,(H,13,14). The van der Waals surface area contributed by atoms with Crippen LogP contribution in [-0.2, 0) is 0 Å². The predicted molar refractivity (Wildman–Crippen MR) is 59.9 cm³/mol. The van der Waals surface area contributed by atoms with Crippen molar-refractivity contribution in [3.8, 4) is 17.2 Å². The van der Waals surface area contributed by atoms with Crippen LogP contribution in [0.25, 0.3) is 0 Å². The number of ether oxygens (including phenoxy) is 3. The van der Waals surface area contributed by atoms with Crippen molar-refractivity contribution in [3.63, 3.8) is 0 Å². The van der Waals surface area contributed by atoms with Crippen LogP contribution in [0.15, 0.2) is 12.1 Å². The molecule has 1 heterocycles. The lowest BCUT2D eigenvalue weighted by Crippen LogP contribution is -2.04. The number of hydrogen-bond donors (Lipinski definition) is 1. The smallest absolute Gasteiger partial charge is 0.339 e. The Morgan fingerprint density at radius 2 is 2.12 bits per heavy atom. The first kappa shape index (κ1) is 11.6. The molecule has 5 heteroatoms. The van der Waals surface area contributed by atoms with Gasteiger partial charge in [-0.25, -0.2) is 4.79 Å². The van der Waals surface area contributed by atoms with Crippen LogP contribution in [0.1, 0.15) is 30.1 Å². The molecular formula is C12H14O5. The van der Waals surface area contributed by atoms with Gasteiger partial charge < -0.3 is 19.3 Å². The Hall–Kier alpha value is -1.91. The van der Waals surface area contributed by atoms with E-state index in [9.17, 15) is 4.79 Å². The summed E-state index contributed by atoms with van der Waals surface area (Å²) in [5.41, 5.74) is 0.102. The molecule has 0 spiro atoms. The number of hydrogen-bond acceptors (Lipinski definition) is 4. The Morgan fingerprint density at radius 1 is 1.41 bits per heavy atom. The van der Waals surface area contributed by atoms with Gasteiger partial charge in [0.1, 0.15) is 11.3 Å². The summed E-state index contributed by atoms with van der Waals surface area (Å²) < 4.78 is 15.8. The fourth-order valence-electron chi connectivity index (χ4n) is 1.54. The van der Waals surface area contributed by atoms with E-state index < -0.39 is 5.97 Å². The van der Waals surface area contributed by atoms with Gasteiger partial charge in [0, 0.05) is 12.1 Å². The van der Waals surface area contributed by atoms with Gasteiger partial charge in [-0.3, -0.25) is 0 Å². The van der Waals surface area contributed by atoms with Crippen molar-refractivity contribution >= 4 is 5.97 Å². The third kappa shape index (κ3) is 2.43. The first-order chi connectivity index (χ1) is 8.22. The monoisotopic (exact) mass is 238 g/mol. The molecule has 0 bridgehead atoms. The van der Waals surface area contributed by atoms with E-state index in [1.165, 1.54) is 6.07 Å². The highest BCUT2D eigenvalue weighted by Crippen LogP contribution is 2.38. The Morgan fingerprint density at radius 3 is 2.76 bits per heavy atom. The quantitative estimate of drug-likeness (QED) is 0.797. The molecule has 0 amide bonds. The molecule has 1 aromatic rings. The lowest BCUT2D eigenvalue weighted by atomic mass is 10.2. The molecule has 1 aliphatic rings. The van der Waals surface area contributed by atoms with Crippen molar-refractivity contribution in [2.45, 2.75) is 19.8 Å². The number of benzene rings is 1. The summed E-state index contributed by atoms with van der Waals surface area (Å²) in [6.07, 6.45) is 1.88. The minimum absolute atomic E-state index is 0.102. The SMILES string of the molecule is CCCCOc1cc2c(cc1C(=O)O)OCO2. The maximum Gasteiger partial charge on any atom is 0.339 e. The molecule has 0 fully saturated rings. The number of carboxylic acids is 1. The van der Waals surface area contributed by atoms with Crippen LogP contribution in [0.2, 0.25) is 0 Å². The fourth-order valence-corrected chi connectivity index (χ4v) is 1.54. The molecule has 5 nitrogen and oxygen atoms in total. The van der Waals surface area contributed by atoms with Crippen LogP contribution >= 0.6 is 0 Å². The van der Waals surface area contributed by atoms with Crippen molar-refractivity contribution in [1.29, 1.82) is 0 Å². The average Bonchev–Trinajstić information content (AvgIpc) is 2.75. The third-order valence-electron chi connectivity index (χ3n) is 2.46. The molecular weight excluding hydrogens is 224 g/mol. The molecule has 0 saturated carbocycles. The molecule has 17 heavy (non-hydrogen) atoms. The van der Waals surface area contributed by atoms with E-state index in [1.54, 1.807) is 6.07 Å². The van der Waals surface area contributed by atoms with Crippen molar-refractivity contribution < 1.29 is 24.1 Å². The van der Waals surface area contributed by atoms with Gasteiger partial charge in [0.25, 0.3) is 0 Å². The zero-order valence-corrected chi connectivity index (χ0v) is 9.56. The normalized spacial score (nSPS) is 12.5. The Bertz CT molecular complexity index is 427. The van der Waals surface area contributed by atoms with E-state index in [-0.39, 0.29) is 12.4 Å². The van der Waals surface area contributed by atoms with Crippen LogP contribution in [-0.4, -0.2) is 24.5 Å². The zero-order chi connectivity index (χ0) is 12.3. The fraction of sp³-hybridized carbons (Fsp3) is 0.417. The first-order valence-electron chi connectivity index (χ1n) is 5.52. The number of aromatic carboxylic acids is 1. The summed E-state index contributed by atoms with van der Waals surface area (Å²) in [5.74, 6) is 0.275. The van der Waals surface area contributed by atoms with Crippen LogP contribution in [0.5, 0.6) is 17.2 Å². The topological polar surface area (TPSA) is 65.0 Å². The van der Waals surface area contributed by atoms with Crippen molar-refractivity contribution in [1.82, 2.24) is 0 Å². The summed E-state index contributed by atoms with van der Waals surface area (Å²) in [6, 6.07) is 3.01. The van der Waals surface area contributed by atoms with Gasteiger partial charge in [-0.2, -0.15) is 0 Å². The minimum atomic E-state index is -1.03. The molecule has 2 rings (SSSR count). The molecule has 0 aromatic heterocycles. The Kier molecular flexibility index (Phi) is 3.37. The number of rotatable bonds is 5. The summed E-state index contributed by atoms with van der Waals surface area (Å²) in [7, 11) is 0. The van der Waals surface area contributed by atoms with E-state index in [4.69, 9.17) is 19.3 Å². The highest BCUT2D eigenvalue weighted by Gasteiger charge is 2.21. The second-order valence-corrected chi connectivity index (χ2v) is 3.71. The molecule has 0 radical (unpaired) electrons. The highest BCUT2D eigenvalue weighted by atomic mass is 16.7. The molecule has 0 unspecified atom stereocenters. The predicted octanol–water partition coefficient (Wildman–Crippen LogP) is 2.29. The van der Waals surface area contributed by atoms with Crippen LogP contribution in [0, 0.1) is 0 Å². The largest absolute Gasteiger partial charge is 0.493 e. The summed E-state index contributed by atoms with van der Waals surface area (Å²) >= 11 is 0. The second-order valence-electron chi connectivity index (χ2n) is 3.71. The maximum atomic E-state index is 11.1. The number of carboxylic acid groups (broad SMARTS) is 1. The van der Waals surface area contributed by atoms with E-state index in [2.05, 4.69) is 0 Å². The van der Waals surface area contributed by atoms with Gasteiger partial charge in [0.05, 0.1) is 6.61 Å². The van der Waals surface area contributed by atoms with E-state index in [0.29, 0.717) is 23.9 Å². The summed E-state index contributed by atoms with van der Waals surface area (Å²) in [5, 5.41) is 9.08. The molecule has 1 aliphatic heterocycles. The second kappa shape index (κ2) is 4.95. The Labute approximate surface area is 98.9 Å². The molecule has 1 N–H and O–H groups in total. The number of unbranched alkanes of at least 4 members (excludes halogenated alkanes) is 1. The molecule has 92 valence electrons. The minimum Gasteiger partial charge on any atom is -0.493 e. The molecule has 0 atom stereocenters. The van der Waals surface area contributed by atoms with E-state index >= 15 is 0 Å². The number of fused-ring (bicyclic) bond motifs is 1. The van der Waals surface area contributed by atoms with Crippen molar-refractivity contribution in [3.05, 3.63) is 17.7 Å². The van der Waals surface area contributed by atoms with E-state index in [0.717, 1.165) is 12.8 Å². The lowest BCUT2D eigenvalue weighted by Gasteiger charge is -2.09.